The van der Waals surface area contributed by atoms with Crippen LogP contribution in [0.4, 0.5) is 4.79 Å². The molecule has 1 aromatic rings. The third-order valence-electron chi connectivity index (χ3n) is 4.21. The maximum Gasteiger partial charge on any atom is 0.409 e. The van der Waals surface area contributed by atoms with E-state index in [1.807, 2.05) is 26.4 Å². The van der Waals surface area contributed by atoms with E-state index < -0.39 is 0 Å². The molecule has 1 amide bonds. The molecular formula is C16H28N4O2. The number of amides is 1. The zero-order valence-electron chi connectivity index (χ0n) is 13.9. The van der Waals surface area contributed by atoms with E-state index >= 15 is 0 Å². The van der Waals surface area contributed by atoms with E-state index in [0.29, 0.717) is 12.6 Å². The molecule has 1 fully saturated rings. The molecule has 0 saturated carbocycles. The minimum absolute atomic E-state index is 0.185. The predicted octanol–water partition coefficient (Wildman–Crippen LogP) is 2.47. The molecule has 2 rings (SSSR count). The Balaban J connectivity index is 1.88. The monoisotopic (exact) mass is 308 g/mol. The first-order chi connectivity index (χ1) is 10.7. The van der Waals surface area contributed by atoms with Gasteiger partial charge in [-0.05, 0) is 26.2 Å². The molecule has 0 spiro atoms. The summed E-state index contributed by atoms with van der Waals surface area (Å²) in [5.74, 6) is 1.09. The van der Waals surface area contributed by atoms with Gasteiger partial charge in [0.05, 0.1) is 12.6 Å². The predicted molar refractivity (Wildman–Crippen MR) is 85.6 cm³/mol. The summed E-state index contributed by atoms with van der Waals surface area (Å²) in [4.78, 5) is 18.0. The van der Waals surface area contributed by atoms with Crippen molar-refractivity contribution in [1.29, 1.82) is 0 Å². The summed E-state index contributed by atoms with van der Waals surface area (Å²) in [6, 6.07) is 0.711. The number of likely N-dealkylation sites (tertiary alicyclic amines) is 1. The average molecular weight is 308 g/mol. The van der Waals surface area contributed by atoms with Gasteiger partial charge in [-0.1, -0.05) is 13.3 Å². The molecule has 6 heteroatoms. The first kappa shape index (κ1) is 16.8. The smallest absolute Gasteiger partial charge is 0.409 e. The molecule has 1 aromatic heterocycles. The van der Waals surface area contributed by atoms with E-state index in [2.05, 4.69) is 21.8 Å². The summed E-state index contributed by atoms with van der Waals surface area (Å²) < 4.78 is 7.15. The standard InChI is InChI=1S/C16H28N4O2/c1-4-6-14(15-17-9-12-19(15)3)18-13-7-10-20(11-8-13)16(21)22-5-2/h9,12-14,18H,4-8,10-11H2,1-3H3/t14-/m1/s1. The van der Waals surface area contributed by atoms with E-state index in [-0.39, 0.29) is 12.1 Å². The molecule has 6 nitrogen and oxygen atoms in total. The van der Waals surface area contributed by atoms with Crippen molar-refractivity contribution in [3.05, 3.63) is 18.2 Å². The van der Waals surface area contributed by atoms with Crippen molar-refractivity contribution in [3.8, 4) is 0 Å². The number of rotatable bonds is 6. The van der Waals surface area contributed by atoms with Crippen molar-refractivity contribution in [2.45, 2.75) is 51.6 Å². The number of nitrogens with one attached hydrogen (secondary N) is 1. The van der Waals surface area contributed by atoms with Crippen LogP contribution >= 0.6 is 0 Å². The van der Waals surface area contributed by atoms with Crippen molar-refractivity contribution in [2.75, 3.05) is 19.7 Å². The van der Waals surface area contributed by atoms with Gasteiger partial charge in [0.2, 0.25) is 0 Å². The van der Waals surface area contributed by atoms with Crippen LogP contribution in [0.1, 0.15) is 51.4 Å². The highest BCUT2D eigenvalue weighted by molar-refractivity contribution is 5.67. The SMILES string of the molecule is CCC[C@@H](NC1CCN(C(=O)OCC)CC1)c1nccn1C. The normalized spacial score (nSPS) is 17.5. The minimum atomic E-state index is -0.185. The maximum absolute atomic E-state index is 11.7. The number of imidazole rings is 1. The third kappa shape index (κ3) is 4.22. The zero-order chi connectivity index (χ0) is 15.9. The maximum atomic E-state index is 11.7. The molecule has 0 radical (unpaired) electrons. The Labute approximate surface area is 132 Å². The van der Waals surface area contributed by atoms with Gasteiger partial charge in [-0.3, -0.25) is 0 Å². The van der Waals surface area contributed by atoms with Gasteiger partial charge in [0.25, 0.3) is 0 Å². The Morgan fingerprint density at radius 2 is 2.18 bits per heavy atom. The average Bonchev–Trinajstić information content (AvgIpc) is 2.94. The molecule has 22 heavy (non-hydrogen) atoms. The first-order valence-electron chi connectivity index (χ1n) is 8.30. The van der Waals surface area contributed by atoms with E-state index in [9.17, 15) is 4.79 Å². The Bertz CT molecular complexity index is 466. The fraction of sp³-hybridized carbons (Fsp3) is 0.750. The lowest BCUT2D eigenvalue weighted by Crippen LogP contribution is -2.46. The number of nitrogens with zero attached hydrogens (tertiary/aromatic N) is 3. The van der Waals surface area contributed by atoms with Crippen LogP contribution in [-0.2, 0) is 11.8 Å². The Morgan fingerprint density at radius 1 is 1.45 bits per heavy atom. The minimum Gasteiger partial charge on any atom is -0.450 e. The zero-order valence-corrected chi connectivity index (χ0v) is 13.9. The second kappa shape index (κ2) is 8.17. The fourth-order valence-electron chi connectivity index (χ4n) is 3.02. The van der Waals surface area contributed by atoms with Gasteiger partial charge in [0.1, 0.15) is 5.82 Å². The number of aryl methyl sites for hydroxylation is 1. The van der Waals surface area contributed by atoms with Crippen LogP contribution in [0, 0.1) is 0 Å². The molecule has 1 N–H and O–H groups in total. The van der Waals surface area contributed by atoms with E-state index in [4.69, 9.17) is 4.74 Å². The van der Waals surface area contributed by atoms with Gasteiger partial charge < -0.3 is 19.5 Å². The molecule has 0 aromatic carbocycles. The van der Waals surface area contributed by atoms with Gasteiger partial charge in [0.15, 0.2) is 0 Å². The van der Waals surface area contributed by atoms with Gasteiger partial charge >= 0.3 is 6.09 Å². The second-order valence-electron chi connectivity index (χ2n) is 5.86. The van der Waals surface area contributed by atoms with Crippen LogP contribution in [-0.4, -0.2) is 46.3 Å². The van der Waals surface area contributed by atoms with Gasteiger partial charge in [-0.25, -0.2) is 9.78 Å². The topological polar surface area (TPSA) is 59.4 Å². The number of piperidine rings is 1. The molecule has 1 saturated heterocycles. The summed E-state index contributed by atoms with van der Waals surface area (Å²) in [7, 11) is 2.04. The number of hydrogen-bond acceptors (Lipinski definition) is 4. The summed E-state index contributed by atoms with van der Waals surface area (Å²) in [5.41, 5.74) is 0. The highest BCUT2D eigenvalue weighted by atomic mass is 16.6. The van der Waals surface area contributed by atoms with Crippen LogP contribution < -0.4 is 5.32 Å². The summed E-state index contributed by atoms with van der Waals surface area (Å²) in [6.45, 7) is 6.00. The number of hydrogen-bond donors (Lipinski definition) is 1. The van der Waals surface area contributed by atoms with Crippen molar-refractivity contribution in [1.82, 2.24) is 19.8 Å². The van der Waals surface area contributed by atoms with Crippen LogP contribution in [0.5, 0.6) is 0 Å². The van der Waals surface area contributed by atoms with Gasteiger partial charge in [-0.2, -0.15) is 0 Å². The van der Waals surface area contributed by atoms with Crippen LogP contribution in [0.3, 0.4) is 0 Å². The van der Waals surface area contributed by atoms with Crippen molar-refractivity contribution in [3.63, 3.8) is 0 Å². The summed E-state index contributed by atoms with van der Waals surface area (Å²) in [6.07, 6.45) is 7.77. The highest BCUT2D eigenvalue weighted by Gasteiger charge is 2.26. The first-order valence-corrected chi connectivity index (χ1v) is 8.30. The fourth-order valence-corrected chi connectivity index (χ4v) is 3.02. The van der Waals surface area contributed by atoms with Gasteiger partial charge in [0, 0.05) is 38.6 Å². The number of ether oxygens (including phenoxy) is 1. The number of aromatic nitrogens is 2. The lowest BCUT2D eigenvalue weighted by molar-refractivity contribution is 0.0939. The van der Waals surface area contributed by atoms with Crippen LogP contribution in [0.15, 0.2) is 12.4 Å². The molecule has 1 atom stereocenters. The Morgan fingerprint density at radius 3 is 2.73 bits per heavy atom. The lowest BCUT2D eigenvalue weighted by Gasteiger charge is -2.33. The van der Waals surface area contributed by atoms with E-state index in [1.54, 1.807) is 4.90 Å². The van der Waals surface area contributed by atoms with Crippen molar-refractivity contribution in [2.24, 2.45) is 7.05 Å². The number of carbonyl (C=O) groups excluding carboxylic acids is 1. The molecule has 2 heterocycles. The number of carbonyl (C=O) groups is 1. The molecule has 0 unspecified atom stereocenters. The molecule has 0 aliphatic carbocycles. The van der Waals surface area contributed by atoms with E-state index in [0.717, 1.165) is 44.6 Å². The highest BCUT2D eigenvalue weighted by Crippen LogP contribution is 2.20. The van der Waals surface area contributed by atoms with Crippen molar-refractivity contribution >= 4 is 6.09 Å². The molecule has 124 valence electrons. The largest absolute Gasteiger partial charge is 0.450 e. The quantitative estimate of drug-likeness (QED) is 0.877. The van der Waals surface area contributed by atoms with Crippen molar-refractivity contribution < 1.29 is 9.53 Å². The third-order valence-corrected chi connectivity index (χ3v) is 4.21. The summed E-state index contributed by atoms with van der Waals surface area (Å²) in [5, 5.41) is 3.73. The summed E-state index contributed by atoms with van der Waals surface area (Å²) >= 11 is 0. The Hall–Kier alpha value is -1.56. The molecular weight excluding hydrogens is 280 g/mol. The molecule has 0 bridgehead atoms. The van der Waals surface area contributed by atoms with Gasteiger partial charge in [-0.15, -0.1) is 0 Å². The van der Waals surface area contributed by atoms with Crippen LogP contribution in [0.25, 0.3) is 0 Å². The van der Waals surface area contributed by atoms with Crippen LogP contribution in [0.2, 0.25) is 0 Å². The van der Waals surface area contributed by atoms with E-state index in [1.165, 1.54) is 0 Å². The second-order valence-corrected chi connectivity index (χ2v) is 5.86. The molecule has 1 aliphatic heterocycles. The lowest BCUT2D eigenvalue weighted by atomic mass is 10.0. The Kier molecular flexibility index (Phi) is 6.24. The molecule has 1 aliphatic rings.